The molecule has 2 aromatic carbocycles. The lowest BCUT2D eigenvalue weighted by Gasteiger charge is -2.24. The molecule has 0 aliphatic carbocycles. The van der Waals surface area contributed by atoms with E-state index in [2.05, 4.69) is 9.71 Å². The van der Waals surface area contributed by atoms with Gasteiger partial charge in [0.2, 0.25) is 5.91 Å². The molecule has 1 amide bonds. The van der Waals surface area contributed by atoms with Crippen LogP contribution in [0.3, 0.4) is 0 Å². The Morgan fingerprint density at radius 1 is 1.21 bits per heavy atom. The number of rotatable bonds is 5. The Kier molecular flexibility index (Phi) is 5.27. The number of likely N-dealkylation sites (tertiary alicyclic amines) is 1. The molecule has 8 heteroatoms. The zero-order chi connectivity index (χ0) is 20.4. The fraction of sp³-hybridized carbons (Fsp3) is 0.333. The van der Waals surface area contributed by atoms with Gasteiger partial charge in [-0.25, -0.2) is 8.42 Å². The number of nitrogens with one attached hydrogen (secondary N) is 1. The van der Waals surface area contributed by atoms with Crippen LogP contribution in [-0.4, -0.2) is 44.8 Å². The topological polar surface area (TPSA) is 88.1 Å². The summed E-state index contributed by atoms with van der Waals surface area (Å²) in [6.07, 6.45) is 1.82. The molecule has 0 radical (unpaired) electrons. The van der Waals surface area contributed by atoms with E-state index < -0.39 is 10.0 Å². The number of carbonyl (C=O) groups is 1. The second-order valence-electron chi connectivity index (χ2n) is 7.01. The molecule has 1 saturated heterocycles. The maximum atomic E-state index is 12.8. The van der Waals surface area contributed by atoms with Gasteiger partial charge >= 0.3 is 0 Å². The quantitative estimate of drug-likeness (QED) is 0.816. The van der Waals surface area contributed by atoms with Crippen LogP contribution in [0.4, 0.5) is 0 Å². The third-order valence-electron chi connectivity index (χ3n) is 5.18. The van der Waals surface area contributed by atoms with Gasteiger partial charge in [-0.3, -0.25) is 14.5 Å². The number of sulfonamides is 1. The van der Waals surface area contributed by atoms with Crippen LogP contribution in [0.15, 0.2) is 58.4 Å². The van der Waals surface area contributed by atoms with Gasteiger partial charge in [-0.2, -0.15) is 0 Å². The summed E-state index contributed by atoms with van der Waals surface area (Å²) in [5, 5.41) is 0. The third-order valence-corrected chi connectivity index (χ3v) is 6.58. The van der Waals surface area contributed by atoms with Gasteiger partial charge in [-0.15, -0.1) is 0 Å². The number of fused-ring (bicyclic) bond motifs is 1. The van der Waals surface area contributed by atoms with Gasteiger partial charge in [0.1, 0.15) is 18.1 Å². The first-order valence-corrected chi connectivity index (χ1v) is 11.2. The van der Waals surface area contributed by atoms with E-state index in [-0.39, 0.29) is 29.2 Å². The molecule has 2 aliphatic rings. The Balaban J connectivity index is 1.49. The molecule has 4 rings (SSSR count). The van der Waals surface area contributed by atoms with E-state index in [1.54, 1.807) is 18.2 Å². The zero-order valence-electron chi connectivity index (χ0n) is 16.2. The number of hydrogen-bond donors (Lipinski definition) is 1. The average molecular weight is 413 g/mol. The van der Waals surface area contributed by atoms with Crippen molar-refractivity contribution in [1.82, 2.24) is 9.62 Å². The molecular weight excluding hydrogens is 390 g/mol. The van der Waals surface area contributed by atoms with Gasteiger partial charge in [0.25, 0.3) is 10.0 Å². The van der Waals surface area contributed by atoms with Crippen LogP contribution in [-0.2, 0) is 14.8 Å². The minimum Gasteiger partial charge on any atom is -0.494 e. The largest absolute Gasteiger partial charge is 0.494 e. The second kappa shape index (κ2) is 7.87. The Labute approximate surface area is 170 Å². The van der Waals surface area contributed by atoms with Crippen molar-refractivity contribution in [2.45, 2.75) is 30.7 Å². The van der Waals surface area contributed by atoms with Crippen molar-refractivity contribution in [3.63, 3.8) is 0 Å². The predicted octanol–water partition coefficient (Wildman–Crippen LogP) is 2.49. The monoisotopic (exact) mass is 413 g/mol. The lowest BCUT2D eigenvalue weighted by atomic mass is 10.0. The van der Waals surface area contributed by atoms with E-state index >= 15 is 0 Å². The van der Waals surface area contributed by atoms with Crippen LogP contribution in [0, 0.1) is 0 Å². The molecule has 2 aromatic rings. The van der Waals surface area contributed by atoms with Gasteiger partial charge < -0.3 is 9.64 Å². The van der Waals surface area contributed by atoms with Crippen molar-refractivity contribution >= 4 is 21.8 Å². The van der Waals surface area contributed by atoms with E-state index in [0.29, 0.717) is 18.7 Å². The lowest BCUT2D eigenvalue weighted by molar-refractivity contribution is -0.130. The van der Waals surface area contributed by atoms with E-state index in [9.17, 15) is 13.2 Å². The van der Waals surface area contributed by atoms with E-state index in [4.69, 9.17) is 4.74 Å². The van der Waals surface area contributed by atoms with Crippen LogP contribution in [0.1, 0.15) is 36.9 Å². The Morgan fingerprint density at radius 2 is 1.97 bits per heavy atom. The number of aliphatic imine (C=N–C) groups is 1. The van der Waals surface area contributed by atoms with Crippen LogP contribution in [0.2, 0.25) is 0 Å². The predicted molar refractivity (Wildman–Crippen MR) is 109 cm³/mol. The Morgan fingerprint density at radius 3 is 2.72 bits per heavy atom. The molecule has 29 heavy (non-hydrogen) atoms. The van der Waals surface area contributed by atoms with E-state index in [1.165, 1.54) is 6.07 Å². The molecule has 2 aliphatic heterocycles. The second-order valence-corrected chi connectivity index (χ2v) is 8.66. The number of nitrogens with zero attached hydrogens (tertiary/aromatic N) is 2. The first kappa shape index (κ1) is 19.4. The van der Waals surface area contributed by atoms with Crippen molar-refractivity contribution in [3.05, 3.63) is 59.7 Å². The smallest absolute Gasteiger partial charge is 0.263 e. The van der Waals surface area contributed by atoms with Crippen molar-refractivity contribution in [3.8, 4) is 5.75 Å². The molecule has 2 heterocycles. The summed E-state index contributed by atoms with van der Waals surface area (Å²) >= 11 is 0. The van der Waals surface area contributed by atoms with Gasteiger partial charge in [0.05, 0.1) is 17.5 Å². The summed E-state index contributed by atoms with van der Waals surface area (Å²) < 4.78 is 32.3. The number of hydrogen-bond acceptors (Lipinski definition) is 5. The van der Waals surface area contributed by atoms with Crippen LogP contribution < -0.4 is 9.46 Å². The Bertz CT molecular complexity index is 1050. The SMILES string of the molecule is CCOc1ccc(C2CCCN2C(=O)CN=C2NS(=O)(=O)c3ccccc32)cc1. The number of amidine groups is 1. The third kappa shape index (κ3) is 3.85. The standard InChI is InChI=1S/C21H23N3O4S/c1-2-28-16-11-9-15(10-12-16)18-7-5-13-24(18)20(25)14-22-21-17-6-3-4-8-19(17)29(26,27)23-21/h3-4,6,8-12,18H,2,5,7,13-14H2,1H3,(H,22,23). The molecule has 7 nitrogen and oxygen atoms in total. The maximum absolute atomic E-state index is 12.8. The highest BCUT2D eigenvalue weighted by atomic mass is 32.2. The van der Waals surface area contributed by atoms with Gasteiger partial charge in [0, 0.05) is 12.1 Å². The minimum absolute atomic E-state index is 0.00549. The van der Waals surface area contributed by atoms with Gasteiger partial charge in [-0.05, 0) is 49.6 Å². The summed E-state index contributed by atoms with van der Waals surface area (Å²) in [4.78, 5) is 19.2. The average Bonchev–Trinajstić information content (AvgIpc) is 3.30. The molecule has 0 aromatic heterocycles. The van der Waals surface area contributed by atoms with Crippen molar-refractivity contribution in [1.29, 1.82) is 0 Å². The normalized spacial score (nSPS) is 21.1. The highest BCUT2D eigenvalue weighted by Crippen LogP contribution is 2.33. The molecule has 1 unspecified atom stereocenters. The Hall–Kier alpha value is -2.87. The van der Waals surface area contributed by atoms with Gasteiger partial charge in [-0.1, -0.05) is 24.3 Å². The summed E-state index contributed by atoms with van der Waals surface area (Å²) in [6, 6.07) is 14.5. The van der Waals surface area contributed by atoms with E-state index in [1.807, 2.05) is 36.1 Å². The van der Waals surface area contributed by atoms with Crippen LogP contribution in [0.25, 0.3) is 0 Å². The highest BCUT2D eigenvalue weighted by molar-refractivity contribution is 7.90. The molecule has 1 atom stereocenters. The van der Waals surface area contributed by atoms with E-state index in [0.717, 1.165) is 24.2 Å². The highest BCUT2D eigenvalue weighted by Gasteiger charge is 2.32. The fourth-order valence-corrected chi connectivity index (χ4v) is 5.10. The summed E-state index contributed by atoms with van der Waals surface area (Å²) in [6.45, 7) is 3.12. The number of ether oxygens (including phenoxy) is 1. The fourth-order valence-electron chi connectivity index (χ4n) is 3.85. The number of amides is 1. The zero-order valence-corrected chi connectivity index (χ0v) is 17.0. The molecule has 0 saturated carbocycles. The van der Waals surface area contributed by atoms with Gasteiger partial charge in [0.15, 0.2) is 0 Å². The van der Waals surface area contributed by atoms with Crippen LogP contribution in [0.5, 0.6) is 5.75 Å². The summed E-state index contributed by atoms with van der Waals surface area (Å²) in [7, 11) is -3.60. The van der Waals surface area contributed by atoms with Crippen molar-refractivity contribution in [2.24, 2.45) is 4.99 Å². The molecule has 152 valence electrons. The molecule has 0 bridgehead atoms. The first-order chi connectivity index (χ1) is 14.0. The summed E-state index contributed by atoms with van der Waals surface area (Å²) in [5.74, 6) is 0.925. The number of carbonyl (C=O) groups excluding carboxylic acids is 1. The number of benzene rings is 2. The van der Waals surface area contributed by atoms with Crippen LogP contribution >= 0.6 is 0 Å². The van der Waals surface area contributed by atoms with Crippen molar-refractivity contribution in [2.75, 3.05) is 19.7 Å². The molecule has 1 fully saturated rings. The molecule has 0 spiro atoms. The molecule has 1 N–H and O–H groups in total. The summed E-state index contributed by atoms with van der Waals surface area (Å²) in [5.41, 5.74) is 1.57. The van der Waals surface area contributed by atoms with Crippen molar-refractivity contribution < 1.29 is 17.9 Å². The lowest BCUT2D eigenvalue weighted by Crippen LogP contribution is -2.33. The maximum Gasteiger partial charge on any atom is 0.263 e. The first-order valence-electron chi connectivity index (χ1n) is 9.68. The minimum atomic E-state index is -3.60. The molecular formula is C21H23N3O4S.